The molecule has 0 unspecified atom stereocenters. The molecule has 0 aromatic carbocycles. The molecule has 0 aliphatic carbocycles. The Morgan fingerprint density at radius 1 is 1.54 bits per heavy atom. The van der Waals surface area contributed by atoms with E-state index in [1.165, 1.54) is 0 Å². The summed E-state index contributed by atoms with van der Waals surface area (Å²) in [5.41, 5.74) is -0.208. The van der Waals surface area contributed by atoms with Gasteiger partial charge in [-0.2, -0.15) is 4.98 Å². The maximum atomic E-state index is 11.2. The van der Waals surface area contributed by atoms with Crippen LogP contribution >= 0.6 is 15.9 Å². The fraction of sp³-hybridized carbons (Fsp3) is 0.500. The van der Waals surface area contributed by atoms with E-state index in [2.05, 4.69) is 26.2 Å². The van der Waals surface area contributed by atoms with E-state index in [0.29, 0.717) is 4.47 Å². The van der Waals surface area contributed by atoms with E-state index in [9.17, 15) is 4.79 Å². The van der Waals surface area contributed by atoms with Gasteiger partial charge < -0.3 is 9.88 Å². The van der Waals surface area contributed by atoms with Gasteiger partial charge in [-0.25, -0.2) is 0 Å². The first kappa shape index (κ1) is 8.74. The summed E-state index contributed by atoms with van der Waals surface area (Å²) in [4.78, 5) is 14.9. The number of fused-ring (bicyclic) bond motifs is 1. The van der Waals surface area contributed by atoms with Crippen LogP contribution in [0.1, 0.15) is 12.8 Å². The second-order valence-electron chi connectivity index (χ2n) is 3.04. The van der Waals surface area contributed by atoms with Gasteiger partial charge in [-0.3, -0.25) is 4.79 Å². The summed E-state index contributed by atoms with van der Waals surface area (Å²) in [6.45, 7) is 1.84. The van der Waals surface area contributed by atoms with Crippen LogP contribution in [0, 0.1) is 0 Å². The first-order valence-corrected chi connectivity index (χ1v) is 5.07. The molecule has 2 rings (SSSR count). The molecule has 0 saturated heterocycles. The predicted octanol–water partition coefficient (Wildman–Crippen LogP) is 1.21. The van der Waals surface area contributed by atoms with E-state index in [4.69, 9.17) is 0 Å². The highest BCUT2D eigenvalue weighted by molar-refractivity contribution is 9.10. The summed E-state index contributed by atoms with van der Waals surface area (Å²) in [7, 11) is 0. The van der Waals surface area contributed by atoms with E-state index in [1.807, 2.05) is 4.57 Å². The van der Waals surface area contributed by atoms with E-state index < -0.39 is 0 Å². The summed E-state index contributed by atoms with van der Waals surface area (Å²) >= 11 is 3.24. The number of anilines is 1. The molecule has 0 fully saturated rings. The molecule has 13 heavy (non-hydrogen) atoms. The first-order valence-electron chi connectivity index (χ1n) is 4.28. The second-order valence-corrected chi connectivity index (χ2v) is 3.83. The van der Waals surface area contributed by atoms with Gasteiger partial charge in [0.15, 0.2) is 0 Å². The van der Waals surface area contributed by atoms with Crippen LogP contribution in [0.4, 0.5) is 5.82 Å². The van der Waals surface area contributed by atoms with Gasteiger partial charge in [0.2, 0.25) is 0 Å². The summed E-state index contributed by atoms with van der Waals surface area (Å²) in [5.74, 6) is 0.859. The Balaban J connectivity index is 2.54. The molecule has 0 atom stereocenters. The van der Waals surface area contributed by atoms with Crippen molar-refractivity contribution in [1.29, 1.82) is 0 Å². The lowest BCUT2D eigenvalue weighted by atomic mass is 10.3. The van der Waals surface area contributed by atoms with Gasteiger partial charge in [-0.1, -0.05) is 0 Å². The van der Waals surface area contributed by atoms with E-state index in [-0.39, 0.29) is 5.56 Å². The molecule has 5 heteroatoms. The van der Waals surface area contributed by atoms with Crippen LogP contribution in [0.15, 0.2) is 15.6 Å². The van der Waals surface area contributed by atoms with Crippen LogP contribution in [0.2, 0.25) is 0 Å². The van der Waals surface area contributed by atoms with Gasteiger partial charge in [0.05, 0.1) is 0 Å². The van der Waals surface area contributed by atoms with E-state index in [1.54, 1.807) is 6.33 Å². The monoisotopic (exact) mass is 243 g/mol. The van der Waals surface area contributed by atoms with Crippen LogP contribution in [0.3, 0.4) is 0 Å². The lowest BCUT2D eigenvalue weighted by Gasteiger charge is -2.10. The normalized spacial score (nSPS) is 15.8. The third kappa shape index (κ3) is 1.60. The third-order valence-electron chi connectivity index (χ3n) is 2.12. The molecular formula is C8H10BrN3O. The fourth-order valence-electron chi connectivity index (χ4n) is 1.43. The Bertz CT molecular complexity index is 374. The van der Waals surface area contributed by atoms with Crippen molar-refractivity contribution < 1.29 is 0 Å². The van der Waals surface area contributed by atoms with Crippen molar-refractivity contribution in [2.75, 3.05) is 11.9 Å². The third-order valence-corrected chi connectivity index (χ3v) is 2.83. The number of nitrogens with zero attached hydrogens (tertiary/aromatic N) is 2. The van der Waals surface area contributed by atoms with Crippen molar-refractivity contribution in [3.63, 3.8) is 0 Å². The van der Waals surface area contributed by atoms with Crippen LogP contribution in [-0.2, 0) is 6.54 Å². The zero-order valence-electron chi connectivity index (χ0n) is 7.09. The highest BCUT2D eigenvalue weighted by Gasteiger charge is 2.11. The molecular weight excluding hydrogens is 234 g/mol. The average Bonchev–Trinajstić information content (AvgIpc) is 2.36. The smallest absolute Gasteiger partial charge is 0.289 e. The topological polar surface area (TPSA) is 46.9 Å². The molecule has 70 valence electrons. The Morgan fingerprint density at radius 3 is 3.23 bits per heavy atom. The quantitative estimate of drug-likeness (QED) is 0.746. The Labute approximate surface area is 84.1 Å². The van der Waals surface area contributed by atoms with Crippen molar-refractivity contribution in [2.45, 2.75) is 19.4 Å². The standard InChI is InChI=1S/C8H10BrN3O/c9-6-7-10-3-1-2-4-12(7)5-11-8(6)13/h5,10H,1-4H2. The van der Waals surface area contributed by atoms with Gasteiger partial charge in [0, 0.05) is 13.1 Å². The number of aromatic nitrogens is 2. The van der Waals surface area contributed by atoms with Crippen LogP contribution in [0.5, 0.6) is 0 Å². The molecule has 0 saturated carbocycles. The number of rotatable bonds is 0. The van der Waals surface area contributed by atoms with Crippen LogP contribution in [-0.4, -0.2) is 16.1 Å². The highest BCUT2D eigenvalue weighted by atomic mass is 79.9. The molecule has 1 aromatic heterocycles. The van der Waals surface area contributed by atoms with Crippen molar-refractivity contribution in [3.05, 3.63) is 21.2 Å². The number of nitrogens with one attached hydrogen (secondary N) is 1. The van der Waals surface area contributed by atoms with E-state index >= 15 is 0 Å². The van der Waals surface area contributed by atoms with E-state index in [0.717, 1.165) is 31.7 Å². The number of halogens is 1. The van der Waals surface area contributed by atoms with Crippen molar-refractivity contribution in [3.8, 4) is 0 Å². The van der Waals surface area contributed by atoms with Gasteiger partial charge in [-0.05, 0) is 28.8 Å². The Morgan fingerprint density at radius 2 is 2.38 bits per heavy atom. The zero-order valence-corrected chi connectivity index (χ0v) is 8.67. The fourth-order valence-corrected chi connectivity index (χ4v) is 1.90. The Hall–Kier alpha value is -0.840. The molecule has 0 spiro atoms. The maximum Gasteiger partial charge on any atom is 0.289 e. The molecule has 1 aromatic rings. The number of hydrogen-bond acceptors (Lipinski definition) is 3. The minimum absolute atomic E-state index is 0.208. The molecule has 1 aliphatic heterocycles. The lowest BCUT2D eigenvalue weighted by molar-refractivity contribution is 0.640. The van der Waals surface area contributed by atoms with Crippen LogP contribution in [0.25, 0.3) is 0 Å². The van der Waals surface area contributed by atoms with Crippen molar-refractivity contribution in [1.82, 2.24) is 9.55 Å². The molecule has 1 aliphatic rings. The zero-order chi connectivity index (χ0) is 9.26. The molecule has 1 N–H and O–H groups in total. The molecule has 0 amide bonds. The second kappa shape index (κ2) is 3.49. The summed E-state index contributed by atoms with van der Waals surface area (Å²) in [5, 5.41) is 3.21. The summed E-state index contributed by atoms with van der Waals surface area (Å²) < 4.78 is 2.51. The molecule has 0 radical (unpaired) electrons. The SMILES string of the molecule is O=c1ncn2c(c1Br)NCCCC2. The molecule has 2 heterocycles. The van der Waals surface area contributed by atoms with Crippen molar-refractivity contribution in [2.24, 2.45) is 0 Å². The molecule has 0 bridgehead atoms. The largest absolute Gasteiger partial charge is 0.370 e. The summed E-state index contributed by atoms with van der Waals surface area (Å²) in [6.07, 6.45) is 3.85. The van der Waals surface area contributed by atoms with Crippen molar-refractivity contribution >= 4 is 21.7 Å². The van der Waals surface area contributed by atoms with Gasteiger partial charge in [-0.15, -0.1) is 0 Å². The Kier molecular flexibility index (Phi) is 2.35. The number of aryl methyl sites for hydroxylation is 1. The summed E-state index contributed by atoms with van der Waals surface area (Å²) in [6, 6.07) is 0. The lowest BCUT2D eigenvalue weighted by Crippen LogP contribution is -2.16. The first-order chi connectivity index (χ1) is 6.29. The highest BCUT2D eigenvalue weighted by Crippen LogP contribution is 2.19. The predicted molar refractivity (Wildman–Crippen MR) is 53.9 cm³/mol. The number of hydrogen-bond donors (Lipinski definition) is 1. The van der Waals surface area contributed by atoms with Gasteiger partial charge in [0.25, 0.3) is 5.56 Å². The van der Waals surface area contributed by atoms with Gasteiger partial charge in [0.1, 0.15) is 16.6 Å². The minimum Gasteiger partial charge on any atom is -0.370 e. The molecule has 4 nitrogen and oxygen atoms in total. The minimum atomic E-state index is -0.208. The van der Waals surface area contributed by atoms with Crippen LogP contribution < -0.4 is 10.9 Å². The van der Waals surface area contributed by atoms with Gasteiger partial charge >= 0.3 is 0 Å². The average molecular weight is 244 g/mol. The maximum absolute atomic E-state index is 11.2.